The lowest BCUT2D eigenvalue weighted by Crippen LogP contribution is -2.14. The maximum absolute atomic E-state index is 14.8. The van der Waals surface area contributed by atoms with Crippen LogP contribution in [0.1, 0.15) is 44.5 Å². The highest BCUT2D eigenvalue weighted by molar-refractivity contribution is 6.12. The molecule has 5 aromatic carbocycles. The van der Waals surface area contributed by atoms with Crippen LogP contribution in [0.5, 0.6) is 0 Å². The Bertz CT molecular complexity index is 2360. The van der Waals surface area contributed by atoms with Crippen molar-refractivity contribution in [3.63, 3.8) is 0 Å². The first-order chi connectivity index (χ1) is 26.8. The predicted molar refractivity (Wildman–Crippen MR) is 160 cm³/mol. The molecule has 0 saturated carbocycles. The first kappa shape index (κ1) is 45.8. The molecule has 0 bridgehead atoms. The molecule has 0 radical (unpaired) electrons. The molecular formula is C36H12F24. The smallest absolute Gasteiger partial charge is 0.166 e. The standard InChI is InChI=1S/C36H12F24/c37-29(38,39)17-1-13(2-18(9-17)30(40,41)42)24-8-16-7-23(35(55,56)57)12-25(36(58,59)60)27(16)28(15-5-21(33(49,50)51)11-22(6-15)34(52,53)54)26(24)14-3-19(31(43,44)45)10-20(4-14)32(46,47)48/h1-12H. The van der Waals surface area contributed by atoms with Gasteiger partial charge in [-0.25, -0.2) is 0 Å². The summed E-state index contributed by atoms with van der Waals surface area (Å²) < 4.78 is 340. The number of hydrogen-bond acceptors (Lipinski definition) is 0. The highest BCUT2D eigenvalue weighted by atomic mass is 19.4. The molecule has 24 heteroatoms. The van der Waals surface area contributed by atoms with E-state index in [1.54, 1.807) is 0 Å². The van der Waals surface area contributed by atoms with Crippen LogP contribution in [-0.2, 0) is 49.4 Å². The van der Waals surface area contributed by atoms with Gasteiger partial charge in [-0.2, -0.15) is 105 Å². The summed E-state index contributed by atoms with van der Waals surface area (Å²) in [4.78, 5) is 0. The lowest BCUT2D eigenvalue weighted by molar-refractivity contribution is -0.144. The van der Waals surface area contributed by atoms with Crippen molar-refractivity contribution in [2.24, 2.45) is 0 Å². The predicted octanol–water partition coefficient (Wildman–Crippen LogP) is 16.0. The molecule has 0 spiro atoms. The van der Waals surface area contributed by atoms with E-state index in [9.17, 15) is 105 Å². The summed E-state index contributed by atoms with van der Waals surface area (Å²) in [5, 5.41) is -3.68. The van der Waals surface area contributed by atoms with Crippen molar-refractivity contribution in [3.8, 4) is 33.4 Å². The minimum Gasteiger partial charge on any atom is -0.166 e. The molecule has 5 aromatic rings. The Morgan fingerprint density at radius 1 is 0.233 bits per heavy atom. The van der Waals surface area contributed by atoms with Gasteiger partial charge in [0, 0.05) is 5.39 Å². The number of alkyl halides is 24. The average Bonchev–Trinajstić information content (AvgIpc) is 3.06. The van der Waals surface area contributed by atoms with Gasteiger partial charge in [0.1, 0.15) is 0 Å². The van der Waals surface area contributed by atoms with Crippen LogP contribution < -0.4 is 0 Å². The number of hydrogen-bond donors (Lipinski definition) is 0. The summed E-state index contributed by atoms with van der Waals surface area (Å²) in [5.41, 5.74) is -30.7. The number of halogens is 24. The quantitative estimate of drug-likeness (QED) is 0.158. The normalized spacial score (nSPS) is 14.0. The molecular weight excluding hydrogens is 888 g/mol. The Kier molecular flexibility index (Phi) is 10.8. The van der Waals surface area contributed by atoms with Crippen molar-refractivity contribution in [1.82, 2.24) is 0 Å². The van der Waals surface area contributed by atoms with Gasteiger partial charge in [0.25, 0.3) is 0 Å². The van der Waals surface area contributed by atoms with Crippen LogP contribution in [0.3, 0.4) is 0 Å². The molecule has 0 amide bonds. The van der Waals surface area contributed by atoms with E-state index in [-0.39, 0.29) is 24.3 Å². The molecule has 0 N–H and O–H groups in total. The Hall–Kier alpha value is -5.32. The molecule has 0 atom stereocenters. The second-order valence-electron chi connectivity index (χ2n) is 12.7. The SMILES string of the molecule is FC(F)(F)c1cc(-c2cc3cc(C(F)(F)F)cc(C(F)(F)F)c3c(-c3cc(C(F)(F)F)cc(C(F)(F)F)c3)c2-c2cc(C(F)(F)F)cc(C(F)(F)F)c2)cc(C(F)(F)F)c1. The largest absolute Gasteiger partial charge is 0.417 e. The molecule has 0 nitrogen and oxygen atoms in total. The number of benzene rings is 5. The Morgan fingerprint density at radius 2 is 0.500 bits per heavy atom. The monoisotopic (exact) mass is 900 g/mol. The lowest BCUT2D eigenvalue weighted by atomic mass is 9.80. The van der Waals surface area contributed by atoms with Crippen molar-refractivity contribution in [1.29, 1.82) is 0 Å². The lowest BCUT2D eigenvalue weighted by Gasteiger charge is -2.25. The van der Waals surface area contributed by atoms with Gasteiger partial charge < -0.3 is 0 Å². The van der Waals surface area contributed by atoms with Crippen molar-refractivity contribution < 1.29 is 105 Å². The van der Waals surface area contributed by atoms with Crippen LogP contribution in [0.25, 0.3) is 44.2 Å². The second-order valence-corrected chi connectivity index (χ2v) is 12.7. The maximum Gasteiger partial charge on any atom is 0.417 e. The molecule has 5 rings (SSSR count). The van der Waals surface area contributed by atoms with Crippen LogP contribution in [0.2, 0.25) is 0 Å². The fraction of sp³-hybridized carbons (Fsp3) is 0.222. The molecule has 0 aliphatic rings. The van der Waals surface area contributed by atoms with E-state index in [2.05, 4.69) is 0 Å². The van der Waals surface area contributed by atoms with Gasteiger partial charge in [-0.15, -0.1) is 0 Å². The van der Waals surface area contributed by atoms with Gasteiger partial charge in [-0.1, -0.05) is 0 Å². The molecule has 60 heavy (non-hydrogen) atoms. The summed E-state index contributed by atoms with van der Waals surface area (Å²) in [5.74, 6) is 0. The van der Waals surface area contributed by atoms with Crippen molar-refractivity contribution >= 4 is 10.8 Å². The summed E-state index contributed by atoms with van der Waals surface area (Å²) in [6.45, 7) is 0. The van der Waals surface area contributed by atoms with E-state index in [1.807, 2.05) is 0 Å². The summed E-state index contributed by atoms with van der Waals surface area (Å²) in [6.07, 6.45) is -47.6. The molecule has 0 aliphatic heterocycles. The van der Waals surface area contributed by atoms with E-state index in [0.29, 0.717) is 0 Å². The topological polar surface area (TPSA) is 0 Å². The second kappa shape index (κ2) is 14.1. The molecule has 324 valence electrons. The summed E-state index contributed by atoms with van der Waals surface area (Å²) in [7, 11) is 0. The molecule has 0 aliphatic carbocycles. The van der Waals surface area contributed by atoms with Crippen LogP contribution in [0.15, 0.2) is 72.8 Å². The van der Waals surface area contributed by atoms with Crippen LogP contribution in [0, 0.1) is 0 Å². The number of fused-ring (bicyclic) bond motifs is 1. The Morgan fingerprint density at radius 3 is 0.783 bits per heavy atom. The molecule has 0 fully saturated rings. The van der Waals surface area contributed by atoms with Gasteiger partial charge >= 0.3 is 49.4 Å². The van der Waals surface area contributed by atoms with Gasteiger partial charge in [0.2, 0.25) is 0 Å². The molecule has 0 saturated heterocycles. The average molecular weight is 900 g/mol. The highest BCUT2D eigenvalue weighted by Crippen LogP contribution is 2.53. The van der Waals surface area contributed by atoms with E-state index in [1.165, 1.54) is 0 Å². The van der Waals surface area contributed by atoms with Gasteiger partial charge in [0.15, 0.2) is 0 Å². The first-order valence-corrected chi connectivity index (χ1v) is 15.5. The van der Waals surface area contributed by atoms with E-state index in [4.69, 9.17) is 0 Å². The molecule has 0 unspecified atom stereocenters. The molecule has 0 heterocycles. The van der Waals surface area contributed by atoms with Crippen LogP contribution >= 0.6 is 0 Å². The zero-order valence-electron chi connectivity index (χ0n) is 28.0. The van der Waals surface area contributed by atoms with Gasteiger partial charge in [-0.05, 0) is 112 Å². The van der Waals surface area contributed by atoms with Gasteiger partial charge in [-0.3, -0.25) is 0 Å². The van der Waals surface area contributed by atoms with E-state index < -0.39 is 187 Å². The van der Waals surface area contributed by atoms with Crippen molar-refractivity contribution in [3.05, 3.63) is 117 Å². The third kappa shape index (κ3) is 9.35. The summed E-state index contributed by atoms with van der Waals surface area (Å²) >= 11 is 0. The summed E-state index contributed by atoms with van der Waals surface area (Å²) in [6, 6.07) is -5.78. The zero-order chi connectivity index (χ0) is 45.7. The van der Waals surface area contributed by atoms with Crippen molar-refractivity contribution in [2.75, 3.05) is 0 Å². The zero-order valence-corrected chi connectivity index (χ0v) is 28.0. The van der Waals surface area contributed by atoms with E-state index in [0.717, 1.165) is 0 Å². The first-order valence-electron chi connectivity index (χ1n) is 15.5. The molecule has 0 aromatic heterocycles. The van der Waals surface area contributed by atoms with Crippen molar-refractivity contribution in [2.45, 2.75) is 49.4 Å². The fourth-order valence-electron chi connectivity index (χ4n) is 6.06. The maximum atomic E-state index is 14.8. The minimum atomic E-state index is -6.22. The van der Waals surface area contributed by atoms with E-state index >= 15 is 0 Å². The third-order valence-corrected chi connectivity index (χ3v) is 8.52. The fourth-order valence-corrected chi connectivity index (χ4v) is 6.06. The van der Waals surface area contributed by atoms with Crippen LogP contribution in [-0.4, -0.2) is 0 Å². The Balaban J connectivity index is 2.29. The Labute approximate surface area is 316 Å². The van der Waals surface area contributed by atoms with Gasteiger partial charge in [0.05, 0.1) is 44.5 Å². The number of rotatable bonds is 3. The van der Waals surface area contributed by atoms with Crippen LogP contribution in [0.4, 0.5) is 105 Å². The highest BCUT2D eigenvalue weighted by Gasteiger charge is 2.44. The minimum absolute atomic E-state index is 0.153. The third-order valence-electron chi connectivity index (χ3n) is 8.52.